The van der Waals surface area contributed by atoms with E-state index in [1.54, 1.807) is 17.2 Å². The van der Waals surface area contributed by atoms with Crippen LogP contribution in [0.4, 0.5) is 11.4 Å². The van der Waals surface area contributed by atoms with Crippen molar-refractivity contribution in [3.05, 3.63) is 46.9 Å². The van der Waals surface area contributed by atoms with Gasteiger partial charge in [0, 0.05) is 23.5 Å². The second kappa shape index (κ2) is 4.16. The molecule has 98 valence electrons. The second-order valence-corrected chi connectivity index (χ2v) is 4.98. The Balaban J connectivity index is 2.01. The molecule has 0 spiro atoms. The van der Waals surface area contributed by atoms with Gasteiger partial charge in [0.05, 0.1) is 6.26 Å². The Morgan fingerprint density at radius 2 is 2.11 bits per heavy atom. The topological polar surface area (TPSA) is 59.5 Å². The molecule has 0 bridgehead atoms. The minimum absolute atomic E-state index is 0.0931. The highest BCUT2D eigenvalue weighted by molar-refractivity contribution is 6.06. The molecule has 0 saturated heterocycles. The molecule has 3 rings (SSSR count). The molecule has 0 aliphatic carbocycles. The van der Waals surface area contributed by atoms with E-state index in [-0.39, 0.29) is 5.91 Å². The molecule has 0 radical (unpaired) electrons. The maximum absolute atomic E-state index is 12.5. The molecule has 4 heteroatoms. The van der Waals surface area contributed by atoms with E-state index in [1.165, 1.54) is 5.56 Å². The fourth-order valence-electron chi connectivity index (χ4n) is 2.50. The summed E-state index contributed by atoms with van der Waals surface area (Å²) in [5, 5.41) is 0. The van der Waals surface area contributed by atoms with Gasteiger partial charge in [-0.2, -0.15) is 0 Å². The number of aryl methyl sites for hydroxylation is 2. The van der Waals surface area contributed by atoms with E-state index in [1.807, 2.05) is 19.9 Å². The van der Waals surface area contributed by atoms with Crippen LogP contribution in [0.1, 0.15) is 27.2 Å². The molecule has 1 aliphatic heterocycles. The van der Waals surface area contributed by atoms with E-state index < -0.39 is 0 Å². The largest absolute Gasteiger partial charge is 0.459 e. The van der Waals surface area contributed by atoms with Gasteiger partial charge in [0.25, 0.3) is 5.91 Å². The minimum Gasteiger partial charge on any atom is -0.459 e. The van der Waals surface area contributed by atoms with Gasteiger partial charge in [0.15, 0.2) is 5.76 Å². The van der Waals surface area contributed by atoms with Crippen molar-refractivity contribution in [1.82, 2.24) is 0 Å². The minimum atomic E-state index is -0.0931. The van der Waals surface area contributed by atoms with Crippen molar-refractivity contribution in [3.8, 4) is 0 Å². The summed E-state index contributed by atoms with van der Waals surface area (Å²) in [6.07, 6.45) is 2.41. The van der Waals surface area contributed by atoms with Crippen molar-refractivity contribution in [2.75, 3.05) is 17.2 Å². The van der Waals surface area contributed by atoms with Crippen LogP contribution in [0.3, 0.4) is 0 Å². The van der Waals surface area contributed by atoms with Gasteiger partial charge in [-0.05, 0) is 43.5 Å². The molecule has 2 heterocycles. The average Bonchev–Trinajstić information content (AvgIpc) is 2.96. The number of fused-ring (bicyclic) bond motifs is 1. The molecule has 0 fully saturated rings. The van der Waals surface area contributed by atoms with Crippen LogP contribution in [0.25, 0.3) is 0 Å². The highest BCUT2D eigenvalue weighted by atomic mass is 16.3. The molecule has 0 unspecified atom stereocenters. The van der Waals surface area contributed by atoms with E-state index in [4.69, 9.17) is 10.2 Å². The Kier molecular flexibility index (Phi) is 2.59. The van der Waals surface area contributed by atoms with Crippen molar-refractivity contribution in [2.24, 2.45) is 0 Å². The van der Waals surface area contributed by atoms with Gasteiger partial charge in [0.2, 0.25) is 0 Å². The Morgan fingerprint density at radius 3 is 2.79 bits per heavy atom. The van der Waals surface area contributed by atoms with E-state index in [0.29, 0.717) is 12.3 Å². The quantitative estimate of drug-likeness (QED) is 0.798. The summed E-state index contributed by atoms with van der Waals surface area (Å²) in [6, 6.07) is 5.74. The fourth-order valence-corrected chi connectivity index (χ4v) is 2.50. The van der Waals surface area contributed by atoms with E-state index in [2.05, 4.69) is 6.07 Å². The molecule has 4 nitrogen and oxygen atoms in total. The second-order valence-electron chi connectivity index (χ2n) is 4.98. The molecule has 1 aromatic heterocycles. The van der Waals surface area contributed by atoms with Crippen molar-refractivity contribution < 1.29 is 9.21 Å². The molecular weight excluding hydrogens is 240 g/mol. The van der Waals surface area contributed by atoms with Crippen molar-refractivity contribution in [1.29, 1.82) is 0 Å². The molecule has 1 aliphatic rings. The molecule has 19 heavy (non-hydrogen) atoms. The lowest BCUT2D eigenvalue weighted by Crippen LogP contribution is -2.29. The normalized spacial score (nSPS) is 13.7. The van der Waals surface area contributed by atoms with Crippen molar-refractivity contribution >= 4 is 17.3 Å². The third kappa shape index (κ3) is 1.80. The molecular formula is C15H16N2O2. The number of nitrogens with two attached hydrogens (primary N) is 1. The standard InChI is InChI=1S/C15H16N2O2/c1-9-4-6-19-14(9)15(18)17-5-3-11-7-10(2)12(16)8-13(11)17/h4,6-8H,3,5,16H2,1-2H3. The van der Waals surface area contributed by atoms with Crippen LogP contribution in [-0.4, -0.2) is 12.5 Å². The molecule has 1 aromatic carbocycles. The smallest absolute Gasteiger partial charge is 0.294 e. The summed E-state index contributed by atoms with van der Waals surface area (Å²) in [7, 11) is 0. The van der Waals surface area contributed by atoms with Crippen LogP contribution in [0.2, 0.25) is 0 Å². The summed E-state index contributed by atoms with van der Waals surface area (Å²) < 4.78 is 5.29. The summed E-state index contributed by atoms with van der Waals surface area (Å²) >= 11 is 0. The zero-order valence-electron chi connectivity index (χ0n) is 11.1. The monoisotopic (exact) mass is 256 g/mol. The number of hydrogen-bond acceptors (Lipinski definition) is 3. The molecule has 0 saturated carbocycles. The molecule has 0 atom stereocenters. The summed E-state index contributed by atoms with van der Waals surface area (Å²) in [4.78, 5) is 14.2. The lowest BCUT2D eigenvalue weighted by Gasteiger charge is -2.17. The zero-order valence-corrected chi connectivity index (χ0v) is 11.1. The SMILES string of the molecule is Cc1cc2c(cc1N)N(C(=O)c1occc1C)CC2. The van der Waals surface area contributed by atoms with E-state index in [0.717, 1.165) is 28.9 Å². The van der Waals surface area contributed by atoms with Crippen LogP contribution < -0.4 is 10.6 Å². The van der Waals surface area contributed by atoms with Crippen LogP contribution >= 0.6 is 0 Å². The van der Waals surface area contributed by atoms with Gasteiger partial charge in [-0.1, -0.05) is 6.07 Å². The van der Waals surface area contributed by atoms with Crippen LogP contribution in [0.15, 0.2) is 28.9 Å². The number of hydrogen-bond donors (Lipinski definition) is 1. The van der Waals surface area contributed by atoms with E-state index in [9.17, 15) is 4.79 Å². The van der Waals surface area contributed by atoms with Crippen LogP contribution in [-0.2, 0) is 6.42 Å². The summed E-state index contributed by atoms with van der Waals surface area (Å²) in [5.41, 5.74) is 10.7. The number of rotatable bonds is 1. The Morgan fingerprint density at radius 1 is 1.32 bits per heavy atom. The molecule has 1 amide bonds. The third-order valence-corrected chi connectivity index (χ3v) is 3.66. The molecule has 2 aromatic rings. The predicted molar refractivity (Wildman–Crippen MR) is 74.4 cm³/mol. The van der Waals surface area contributed by atoms with E-state index >= 15 is 0 Å². The number of carbonyl (C=O) groups is 1. The van der Waals surface area contributed by atoms with Gasteiger partial charge in [-0.25, -0.2) is 0 Å². The number of anilines is 2. The zero-order chi connectivity index (χ0) is 13.6. The number of amides is 1. The lowest BCUT2D eigenvalue weighted by molar-refractivity contribution is 0.0962. The Hall–Kier alpha value is -2.23. The first-order chi connectivity index (χ1) is 9.08. The maximum atomic E-state index is 12.5. The number of carbonyl (C=O) groups excluding carboxylic acids is 1. The highest BCUT2D eigenvalue weighted by Crippen LogP contribution is 2.33. The number of benzene rings is 1. The van der Waals surface area contributed by atoms with Gasteiger partial charge in [-0.3, -0.25) is 4.79 Å². The maximum Gasteiger partial charge on any atom is 0.294 e. The lowest BCUT2D eigenvalue weighted by atomic mass is 10.1. The van der Waals surface area contributed by atoms with Gasteiger partial charge >= 0.3 is 0 Å². The third-order valence-electron chi connectivity index (χ3n) is 3.66. The van der Waals surface area contributed by atoms with Gasteiger partial charge < -0.3 is 15.1 Å². The predicted octanol–water partition coefficient (Wildman–Crippen LogP) is 2.68. The van der Waals surface area contributed by atoms with Crippen LogP contribution in [0.5, 0.6) is 0 Å². The summed E-state index contributed by atoms with van der Waals surface area (Å²) in [6.45, 7) is 4.53. The van der Waals surface area contributed by atoms with Crippen molar-refractivity contribution in [2.45, 2.75) is 20.3 Å². The number of nitrogen functional groups attached to an aromatic ring is 1. The first-order valence-electron chi connectivity index (χ1n) is 6.33. The highest BCUT2D eigenvalue weighted by Gasteiger charge is 2.28. The number of furan rings is 1. The van der Waals surface area contributed by atoms with Crippen molar-refractivity contribution in [3.63, 3.8) is 0 Å². The first kappa shape index (κ1) is 11.8. The Labute approximate surface area is 111 Å². The fraction of sp³-hybridized carbons (Fsp3) is 0.267. The van der Waals surface area contributed by atoms with Gasteiger partial charge in [0.1, 0.15) is 0 Å². The summed E-state index contributed by atoms with van der Waals surface area (Å²) in [5.74, 6) is 0.316. The van der Waals surface area contributed by atoms with Crippen LogP contribution in [0, 0.1) is 13.8 Å². The average molecular weight is 256 g/mol. The first-order valence-corrected chi connectivity index (χ1v) is 6.33. The molecule has 2 N–H and O–H groups in total. The Bertz CT molecular complexity index is 658. The number of nitrogens with zero attached hydrogens (tertiary/aromatic N) is 1. The van der Waals surface area contributed by atoms with Gasteiger partial charge in [-0.15, -0.1) is 0 Å².